The number of rotatable bonds is 2. The summed E-state index contributed by atoms with van der Waals surface area (Å²) in [4.78, 5) is 8.82. The summed E-state index contributed by atoms with van der Waals surface area (Å²) in [6.45, 7) is 6.47. The molecule has 2 aromatic heterocycles. The Labute approximate surface area is 103 Å². The summed E-state index contributed by atoms with van der Waals surface area (Å²) >= 11 is 3.24. The standard InChI is InChI=1S/C11H15N3S2/c1-11(2,3)10-14-7(6-16-10)8(12)9-13-4-5-15-9/h4-6,8H,12H2,1-3H3. The van der Waals surface area contributed by atoms with Gasteiger partial charge in [-0.25, -0.2) is 9.97 Å². The summed E-state index contributed by atoms with van der Waals surface area (Å²) in [6.07, 6.45) is 1.77. The fourth-order valence-electron chi connectivity index (χ4n) is 1.29. The van der Waals surface area contributed by atoms with E-state index in [1.54, 1.807) is 28.9 Å². The van der Waals surface area contributed by atoms with Crippen molar-refractivity contribution in [3.05, 3.63) is 32.7 Å². The second kappa shape index (κ2) is 4.24. The Hall–Kier alpha value is -0.780. The van der Waals surface area contributed by atoms with E-state index >= 15 is 0 Å². The number of thiazole rings is 2. The van der Waals surface area contributed by atoms with Gasteiger partial charge in [-0.15, -0.1) is 22.7 Å². The molecule has 0 aliphatic heterocycles. The molecular weight excluding hydrogens is 238 g/mol. The first-order valence-corrected chi connectivity index (χ1v) is 6.85. The predicted molar refractivity (Wildman–Crippen MR) is 69.0 cm³/mol. The molecule has 2 rings (SSSR count). The van der Waals surface area contributed by atoms with Crippen LogP contribution in [0.15, 0.2) is 17.0 Å². The first-order chi connectivity index (χ1) is 7.48. The second-order valence-electron chi connectivity index (χ2n) is 4.68. The average Bonchev–Trinajstić information content (AvgIpc) is 2.87. The Balaban J connectivity index is 2.26. The van der Waals surface area contributed by atoms with Gasteiger partial charge in [-0.2, -0.15) is 0 Å². The van der Waals surface area contributed by atoms with Crippen LogP contribution in [0.3, 0.4) is 0 Å². The zero-order valence-corrected chi connectivity index (χ0v) is 11.2. The minimum atomic E-state index is -0.188. The molecule has 5 heteroatoms. The minimum absolute atomic E-state index is 0.0888. The van der Waals surface area contributed by atoms with E-state index in [-0.39, 0.29) is 11.5 Å². The summed E-state index contributed by atoms with van der Waals surface area (Å²) in [5, 5.41) is 6.01. The smallest absolute Gasteiger partial charge is 0.115 e. The highest BCUT2D eigenvalue weighted by atomic mass is 32.1. The SMILES string of the molecule is CC(C)(C)c1nc(C(N)c2nccs2)cs1. The first kappa shape index (κ1) is 11.7. The Kier molecular flexibility index (Phi) is 3.10. The van der Waals surface area contributed by atoms with Crippen LogP contribution in [0.1, 0.15) is 42.5 Å². The summed E-state index contributed by atoms with van der Waals surface area (Å²) in [6, 6.07) is -0.188. The van der Waals surface area contributed by atoms with Gasteiger partial charge in [0.05, 0.1) is 10.7 Å². The van der Waals surface area contributed by atoms with Crippen LogP contribution in [0.2, 0.25) is 0 Å². The van der Waals surface area contributed by atoms with Gasteiger partial charge in [-0.05, 0) is 0 Å². The number of nitrogens with two attached hydrogens (primary N) is 1. The van der Waals surface area contributed by atoms with Crippen molar-refractivity contribution in [1.29, 1.82) is 0 Å². The molecule has 1 unspecified atom stereocenters. The molecule has 2 N–H and O–H groups in total. The van der Waals surface area contributed by atoms with E-state index in [0.717, 1.165) is 15.7 Å². The third-order valence-electron chi connectivity index (χ3n) is 2.20. The van der Waals surface area contributed by atoms with Crippen molar-refractivity contribution >= 4 is 22.7 Å². The van der Waals surface area contributed by atoms with Gasteiger partial charge in [0, 0.05) is 22.4 Å². The van der Waals surface area contributed by atoms with E-state index < -0.39 is 0 Å². The van der Waals surface area contributed by atoms with Gasteiger partial charge < -0.3 is 5.73 Å². The molecule has 3 nitrogen and oxygen atoms in total. The highest BCUT2D eigenvalue weighted by Gasteiger charge is 2.21. The van der Waals surface area contributed by atoms with Crippen molar-refractivity contribution in [3.63, 3.8) is 0 Å². The Bertz CT molecular complexity index is 454. The summed E-state index contributed by atoms with van der Waals surface area (Å²) < 4.78 is 0. The van der Waals surface area contributed by atoms with Gasteiger partial charge >= 0.3 is 0 Å². The van der Waals surface area contributed by atoms with Gasteiger partial charge in [0.15, 0.2) is 0 Å². The summed E-state index contributed by atoms with van der Waals surface area (Å²) in [5.41, 5.74) is 7.12. The molecule has 2 aromatic rings. The maximum atomic E-state index is 6.11. The molecule has 0 aliphatic carbocycles. The van der Waals surface area contributed by atoms with Crippen molar-refractivity contribution in [2.24, 2.45) is 5.73 Å². The van der Waals surface area contributed by atoms with Crippen LogP contribution < -0.4 is 5.73 Å². The van der Waals surface area contributed by atoms with E-state index in [1.807, 2.05) is 10.8 Å². The zero-order valence-electron chi connectivity index (χ0n) is 9.60. The lowest BCUT2D eigenvalue weighted by molar-refractivity contribution is 0.581. The van der Waals surface area contributed by atoms with Crippen LogP contribution in [0.25, 0.3) is 0 Å². The second-order valence-corrected chi connectivity index (χ2v) is 6.46. The van der Waals surface area contributed by atoms with Crippen molar-refractivity contribution in [2.75, 3.05) is 0 Å². The average molecular weight is 253 g/mol. The lowest BCUT2D eigenvalue weighted by atomic mass is 9.98. The maximum Gasteiger partial charge on any atom is 0.115 e. The number of nitrogens with zero attached hydrogens (tertiary/aromatic N) is 2. The van der Waals surface area contributed by atoms with E-state index in [1.165, 1.54) is 0 Å². The zero-order chi connectivity index (χ0) is 11.8. The first-order valence-electron chi connectivity index (χ1n) is 5.09. The number of hydrogen-bond donors (Lipinski definition) is 1. The quantitative estimate of drug-likeness (QED) is 0.895. The molecular formula is C11H15N3S2. The van der Waals surface area contributed by atoms with Crippen LogP contribution >= 0.6 is 22.7 Å². The normalized spacial score (nSPS) is 14.0. The highest BCUT2D eigenvalue weighted by Crippen LogP contribution is 2.29. The summed E-state index contributed by atoms with van der Waals surface area (Å²) in [5.74, 6) is 0. The number of aromatic nitrogens is 2. The fraction of sp³-hybridized carbons (Fsp3) is 0.455. The van der Waals surface area contributed by atoms with E-state index in [9.17, 15) is 0 Å². The third kappa shape index (κ3) is 2.31. The topological polar surface area (TPSA) is 51.8 Å². The van der Waals surface area contributed by atoms with Crippen molar-refractivity contribution in [3.8, 4) is 0 Å². The van der Waals surface area contributed by atoms with Gasteiger partial charge in [-0.1, -0.05) is 20.8 Å². The lowest BCUT2D eigenvalue weighted by Gasteiger charge is -2.14. The Morgan fingerprint density at radius 1 is 1.31 bits per heavy atom. The molecule has 0 aromatic carbocycles. The van der Waals surface area contributed by atoms with Gasteiger partial charge in [0.2, 0.25) is 0 Å². The molecule has 0 radical (unpaired) electrons. The molecule has 0 bridgehead atoms. The largest absolute Gasteiger partial charge is 0.317 e. The lowest BCUT2D eigenvalue weighted by Crippen LogP contribution is -2.14. The van der Waals surface area contributed by atoms with Crippen LogP contribution in [-0.4, -0.2) is 9.97 Å². The van der Waals surface area contributed by atoms with Gasteiger partial charge in [-0.3, -0.25) is 0 Å². The molecule has 0 aliphatic rings. The van der Waals surface area contributed by atoms with E-state index in [4.69, 9.17) is 5.73 Å². The molecule has 2 heterocycles. The van der Waals surface area contributed by atoms with Crippen LogP contribution in [0.5, 0.6) is 0 Å². The molecule has 0 saturated carbocycles. The van der Waals surface area contributed by atoms with E-state index in [0.29, 0.717) is 0 Å². The molecule has 86 valence electrons. The van der Waals surface area contributed by atoms with Crippen LogP contribution in [0.4, 0.5) is 0 Å². The Morgan fingerprint density at radius 3 is 2.56 bits per heavy atom. The molecule has 0 fully saturated rings. The molecule has 0 saturated heterocycles. The molecule has 1 atom stereocenters. The molecule has 16 heavy (non-hydrogen) atoms. The monoisotopic (exact) mass is 253 g/mol. The van der Waals surface area contributed by atoms with Gasteiger partial charge in [0.1, 0.15) is 11.0 Å². The van der Waals surface area contributed by atoms with Crippen molar-refractivity contribution < 1.29 is 0 Å². The number of hydrogen-bond acceptors (Lipinski definition) is 5. The van der Waals surface area contributed by atoms with Crippen molar-refractivity contribution in [2.45, 2.75) is 32.2 Å². The van der Waals surface area contributed by atoms with Gasteiger partial charge in [0.25, 0.3) is 0 Å². The molecule has 0 spiro atoms. The van der Waals surface area contributed by atoms with Crippen LogP contribution in [-0.2, 0) is 5.41 Å². The third-order valence-corrected chi connectivity index (χ3v) is 4.34. The minimum Gasteiger partial charge on any atom is -0.317 e. The van der Waals surface area contributed by atoms with Crippen LogP contribution in [0, 0.1) is 0 Å². The predicted octanol–water partition coefficient (Wildman–Crippen LogP) is 2.95. The highest BCUT2D eigenvalue weighted by molar-refractivity contribution is 7.10. The summed E-state index contributed by atoms with van der Waals surface area (Å²) in [7, 11) is 0. The Morgan fingerprint density at radius 2 is 2.06 bits per heavy atom. The molecule has 0 amide bonds. The maximum absolute atomic E-state index is 6.11. The van der Waals surface area contributed by atoms with Crippen molar-refractivity contribution in [1.82, 2.24) is 9.97 Å². The van der Waals surface area contributed by atoms with E-state index in [2.05, 4.69) is 30.7 Å². The fourth-order valence-corrected chi connectivity index (χ4v) is 2.88.